The van der Waals surface area contributed by atoms with Crippen molar-refractivity contribution in [3.05, 3.63) is 70.1 Å². The third-order valence-corrected chi connectivity index (χ3v) is 4.77. The van der Waals surface area contributed by atoms with E-state index in [1.807, 2.05) is 37.3 Å². The van der Waals surface area contributed by atoms with Crippen molar-refractivity contribution in [3.8, 4) is 0 Å². The molecule has 0 fully saturated rings. The van der Waals surface area contributed by atoms with Gasteiger partial charge in [0, 0.05) is 16.8 Å². The molecule has 3 aromatic rings. The number of rotatable bonds is 4. The predicted octanol–water partition coefficient (Wildman–Crippen LogP) is 3.26. The molecular weight excluding hydrogens is 324 g/mol. The Morgan fingerprint density at radius 3 is 2.50 bits per heavy atom. The average molecular weight is 340 g/mol. The number of nitrogens with one attached hydrogen (secondary N) is 2. The van der Waals surface area contributed by atoms with Gasteiger partial charge in [-0.2, -0.15) is 0 Å². The van der Waals surface area contributed by atoms with E-state index in [1.54, 1.807) is 23.7 Å². The van der Waals surface area contributed by atoms with E-state index in [0.29, 0.717) is 17.0 Å². The van der Waals surface area contributed by atoms with Crippen molar-refractivity contribution in [1.29, 1.82) is 0 Å². The van der Waals surface area contributed by atoms with Crippen molar-refractivity contribution in [2.45, 2.75) is 13.5 Å². The summed E-state index contributed by atoms with van der Waals surface area (Å²) in [6.07, 6.45) is 0. The van der Waals surface area contributed by atoms with Crippen LogP contribution in [0.5, 0.6) is 0 Å². The van der Waals surface area contributed by atoms with Crippen LogP contribution in [-0.4, -0.2) is 17.0 Å². The maximum absolute atomic E-state index is 12.1. The molecule has 0 atom stereocenters. The van der Waals surface area contributed by atoms with Gasteiger partial charge < -0.3 is 5.32 Å². The Kier molecular flexibility index (Phi) is 4.59. The van der Waals surface area contributed by atoms with E-state index in [-0.39, 0.29) is 5.91 Å². The second kappa shape index (κ2) is 6.82. The van der Waals surface area contributed by atoms with Crippen LogP contribution in [-0.2, 0) is 6.54 Å². The smallest absolute Gasteiger partial charge is 0.284 e. The van der Waals surface area contributed by atoms with Crippen LogP contribution < -0.4 is 10.8 Å². The molecule has 0 saturated carbocycles. The minimum absolute atomic E-state index is 0.123. The molecule has 0 saturated heterocycles. The highest BCUT2D eigenvalue weighted by Crippen LogP contribution is 2.26. The van der Waals surface area contributed by atoms with E-state index in [0.717, 1.165) is 21.2 Å². The highest BCUT2D eigenvalue weighted by atomic mass is 32.1. The molecule has 1 aromatic heterocycles. The fourth-order valence-electron chi connectivity index (χ4n) is 2.34. The third kappa shape index (κ3) is 3.45. The van der Waals surface area contributed by atoms with Crippen LogP contribution >= 0.6 is 11.3 Å². The molecule has 1 heterocycles. The first-order valence-electron chi connectivity index (χ1n) is 7.38. The molecule has 5 nitrogen and oxygen atoms in total. The summed E-state index contributed by atoms with van der Waals surface area (Å²) >= 11 is 1.29. The van der Waals surface area contributed by atoms with Gasteiger partial charge in [-0.3, -0.25) is 14.8 Å². The topological polar surface area (TPSA) is 78.4 Å². The number of amides is 2. The van der Waals surface area contributed by atoms with Crippen LogP contribution in [0.2, 0.25) is 0 Å². The van der Waals surface area contributed by atoms with E-state index >= 15 is 0 Å². The summed E-state index contributed by atoms with van der Waals surface area (Å²) in [6.45, 7) is 2.38. The summed E-state index contributed by atoms with van der Waals surface area (Å²) in [6, 6.07) is 14.9. The quantitative estimate of drug-likeness (QED) is 0.504. The lowest BCUT2D eigenvalue weighted by Crippen LogP contribution is -2.22. The van der Waals surface area contributed by atoms with Crippen molar-refractivity contribution >= 4 is 33.2 Å². The van der Waals surface area contributed by atoms with Gasteiger partial charge in [0.25, 0.3) is 11.8 Å². The van der Waals surface area contributed by atoms with Crippen molar-refractivity contribution in [3.63, 3.8) is 0 Å². The fraction of sp³-hybridized carbons (Fsp3) is 0.111. The van der Waals surface area contributed by atoms with Gasteiger partial charge in [-0.15, -0.1) is 11.3 Å². The summed E-state index contributed by atoms with van der Waals surface area (Å²) in [5.41, 5.74) is 4.31. The SMILES string of the molecule is Cc1ccc(C(=O)NCc2ccc3cc(C(=O)NO)sc3c2)cc1. The van der Waals surface area contributed by atoms with Crippen LogP contribution in [0.15, 0.2) is 48.5 Å². The normalized spacial score (nSPS) is 10.6. The Labute approximate surface area is 142 Å². The van der Waals surface area contributed by atoms with Gasteiger partial charge in [-0.1, -0.05) is 29.8 Å². The first-order valence-corrected chi connectivity index (χ1v) is 8.20. The standard InChI is InChI=1S/C18H16N2O3S/c1-11-2-5-13(6-3-11)17(21)19-10-12-4-7-14-9-16(18(22)20-23)24-15(14)8-12/h2-9,23H,10H2,1H3,(H,19,21)(H,20,22). The number of aryl methyl sites for hydroxylation is 1. The minimum atomic E-state index is -0.523. The molecule has 0 radical (unpaired) electrons. The molecule has 2 amide bonds. The summed E-state index contributed by atoms with van der Waals surface area (Å²) in [5.74, 6) is -0.646. The number of carbonyl (C=O) groups excluding carboxylic acids is 2. The Morgan fingerprint density at radius 2 is 1.79 bits per heavy atom. The third-order valence-electron chi connectivity index (χ3n) is 3.68. The summed E-state index contributed by atoms with van der Waals surface area (Å²) in [7, 11) is 0. The zero-order valence-corrected chi connectivity index (χ0v) is 13.8. The van der Waals surface area contributed by atoms with E-state index in [2.05, 4.69) is 5.32 Å². The predicted molar refractivity (Wildman–Crippen MR) is 93.4 cm³/mol. The van der Waals surface area contributed by atoms with E-state index in [1.165, 1.54) is 11.3 Å². The number of hydrogen-bond donors (Lipinski definition) is 3. The lowest BCUT2D eigenvalue weighted by atomic mass is 10.1. The van der Waals surface area contributed by atoms with Gasteiger partial charge >= 0.3 is 0 Å². The second-order valence-electron chi connectivity index (χ2n) is 5.47. The molecule has 0 spiro atoms. The molecular formula is C18H16N2O3S. The number of hydroxylamine groups is 1. The second-order valence-corrected chi connectivity index (χ2v) is 6.56. The number of thiophene rings is 1. The van der Waals surface area contributed by atoms with Gasteiger partial charge in [0.1, 0.15) is 0 Å². The van der Waals surface area contributed by atoms with E-state index in [4.69, 9.17) is 5.21 Å². The molecule has 0 aliphatic heterocycles. The molecule has 0 unspecified atom stereocenters. The minimum Gasteiger partial charge on any atom is -0.348 e. The van der Waals surface area contributed by atoms with Gasteiger partial charge in [0.2, 0.25) is 0 Å². The monoisotopic (exact) mass is 340 g/mol. The zero-order valence-electron chi connectivity index (χ0n) is 13.0. The summed E-state index contributed by atoms with van der Waals surface area (Å²) in [5, 5.41) is 12.5. The number of benzene rings is 2. The van der Waals surface area contributed by atoms with Crippen molar-refractivity contribution in [2.24, 2.45) is 0 Å². The van der Waals surface area contributed by atoms with Crippen molar-refractivity contribution in [2.75, 3.05) is 0 Å². The summed E-state index contributed by atoms with van der Waals surface area (Å²) in [4.78, 5) is 24.0. The molecule has 122 valence electrons. The van der Waals surface area contributed by atoms with Gasteiger partial charge in [-0.05, 0) is 42.1 Å². The van der Waals surface area contributed by atoms with Crippen molar-refractivity contribution < 1.29 is 14.8 Å². The maximum atomic E-state index is 12.1. The molecule has 6 heteroatoms. The lowest BCUT2D eigenvalue weighted by Gasteiger charge is -2.06. The Balaban J connectivity index is 1.72. The van der Waals surface area contributed by atoms with Crippen molar-refractivity contribution in [1.82, 2.24) is 10.8 Å². The Bertz CT molecular complexity index is 900. The molecule has 2 aromatic carbocycles. The summed E-state index contributed by atoms with van der Waals surface area (Å²) < 4.78 is 0.927. The Morgan fingerprint density at radius 1 is 1.04 bits per heavy atom. The largest absolute Gasteiger partial charge is 0.348 e. The van der Waals surface area contributed by atoms with E-state index < -0.39 is 5.91 Å². The zero-order chi connectivity index (χ0) is 17.1. The van der Waals surface area contributed by atoms with E-state index in [9.17, 15) is 9.59 Å². The highest BCUT2D eigenvalue weighted by Gasteiger charge is 2.10. The number of carbonyl (C=O) groups is 2. The molecule has 24 heavy (non-hydrogen) atoms. The molecule has 0 aliphatic carbocycles. The number of fused-ring (bicyclic) bond motifs is 1. The van der Waals surface area contributed by atoms with Crippen LogP contribution in [0, 0.1) is 6.92 Å². The fourth-order valence-corrected chi connectivity index (χ4v) is 3.36. The molecule has 3 rings (SSSR count). The highest BCUT2D eigenvalue weighted by molar-refractivity contribution is 7.20. The van der Waals surface area contributed by atoms with Gasteiger partial charge in [0.05, 0.1) is 4.88 Å². The maximum Gasteiger partial charge on any atom is 0.284 e. The van der Waals surface area contributed by atoms with Gasteiger partial charge in [0.15, 0.2) is 0 Å². The van der Waals surface area contributed by atoms with Crippen LogP contribution in [0.25, 0.3) is 10.1 Å². The first kappa shape index (κ1) is 16.2. The molecule has 0 aliphatic rings. The molecule has 3 N–H and O–H groups in total. The number of hydrogen-bond acceptors (Lipinski definition) is 4. The van der Waals surface area contributed by atoms with Crippen LogP contribution in [0.1, 0.15) is 31.2 Å². The van der Waals surface area contributed by atoms with Crippen LogP contribution in [0.3, 0.4) is 0 Å². The molecule has 0 bridgehead atoms. The Hall–Kier alpha value is -2.70. The average Bonchev–Trinajstić information content (AvgIpc) is 3.02. The van der Waals surface area contributed by atoms with Crippen LogP contribution in [0.4, 0.5) is 0 Å². The lowest BCUT2D eigenvalue weighted by molar-refractivity contribution is 0.0711. The first-order chi connectivity index (χ1) is 11.6. The van der Waals surface area contributed by atoms with Gasteiger partial charge in [-0.25, -0.2) is 5.48 Å².